The highest BCUT2D eigenvalue weighted by Crippen LogP contribution is 2.45. The van der Waals surface area contributed by atoms with Gasteiger partial charge in [-0.1, -0.05) is 64.6 Å². The standard InChI is InChI=1S/C28H37NO4S/c1-17(2)28(12-11-19-7-9-21(29)10-8-19)15-23(31)25(26(32)33-28)34-24-13-18(3)20(16-30)14-22(24)27(4,5)6/h7-10,13-14,17,30-31H,11-12,15-16,29H2,1-6H3/t28-/m0/s1. The topological polar surface area (TPSA) is 92.8 Å². The Bertz CT molecular complexity index is 1080. The number of thioether (sulfide) groups is 1. The maximum absolute atomic E-state index is 13.2. The highest BCUT2D eigenvalue weighted by Gasteiger charge is 2.44. The van der Waals surface area contributed by atoms with Crippen molar-refractivity contribution in [3.05, 3.63) is 69.3 Å². The zero-order valence-electron chi connectivity index (χ0n) is 21.1. The Hall–Kier alpha value is -2.44. The van der Waals surface area contributed by atoms with Gasteiger partial charge in [0, 0.05) is 17.0 Å². The monoisotopic (exact) mass is 483 g/mol. The fourth-order valence-electron chi connectivity index (χ4n) is 4.32. The summed E-state index contributed by atoms with van der Waals surface area (Å²) in [6, 6.07) is 11.7. The average Bonchev–Trinajstić information content (AvgIpc) is 2.75. The van der Waals surface area contributed by atoms with E-state index in [-0.39, 0.29) is 35.0 Å². The van der Waals surface area contributed by atoms with Gasteiger partial charge in [0.2, 0.25) is 0 Å². The molecule has 3 rings (SSSR count). The van der Waals surface area contributed by atoms with Gasteiger partial charge in [-0.05, 0) is 71.6 Å². The number of aryl methyl sites for hydroxylation is 2. The summed E-state index contributed by atoms with van der Waals surface area (Å²) in [7, 11) is 0. The number of carbonyl (C=O) groups excluding carboxylic acids is 1. The van der Waals surface area contributed by atoms with E-state index in [9.17, 15) is 15.0 Å². The van der Waals surface area contributed by atoms with Crippen LogP contribution in [-0.2, 0) is 28.0 Å². The van der Waals surface area contributed by atoms with E-state index in [4.69, 9.17) is 10.5 Å². The molecule has 0 unspecified atom stereocenters. The van der Waals surface area contributed by atoms with E-state index >= 15 is 0 Å². The molecule has 6 heteroatoms. The van der Waals surface area contributed by atoms with E-state index in [0.717, 1.165) is 33.6 Å². The van der Waals surface area contributed by atoms with E-state index in [2.05, 4.69) is 20.8 Å². The molecule has 0 bridgehead atoms. The summed E-state index contributed by atoms with van der Waals surface area (Å²) in [6.07, 6.45) is 1.61. The lowest BCUT2D eigenvalue weighted by molar-refractivity contribution is -0.164. The Labute approximate surface area is 207 Å². The first kappa shape index (κ1) is 26.2. The summed E-state index contributed by atoms with van der Waals surface area (Å²) in [4.78, 5) is 14.4. The summed E-state index contributed by atoms with van der Waals surface area (Å²) < 4.78 is 6.09. The first-order valence-electron chi connectivity index (χ1n) is 11.8. The molecule has 4 N–H and O–H groups in total. The molecule has 0 aromatic heterocycles. The molecule has 34 heavy (non-hydrogen) atoms. The molecule has 5 nitrogen and oxygen atoms in total. The number of carbonyl (C=O) groups is 1. The summed E-state index contributed by atoms with van der Waals surface area (Å²) >= 11 is 1.26. The highest BCUT2D eigenvalue weighted by molar-refractivity contribution is 8.04. The first-order chi connectivity index (χ1) is 15.9. The molecule has 1 atom stereocenters. The van der Waals surface area contributed by atoms with Crippen molar-refractivity contribution < 1.29 is 19.7 Å². The molecule has 1 aliphatic heterocycles. The van der Waals surface area contributed by atoms with Crippen molar-refractivity contribution in [3.8, 4) is 0 Å². The van der Waals surface area contributed by atoms with Gasteiger partial charge in [-0.3, -0.25) is 0 Å². The van der Waals surface area contributed by atoms with Crippen LogP contribution < -0.4 is 5.73 Å². The van der Waals surface area contributed by atoms with Gasteiger partial charge in [0.05, 0.1) is 6.61 Å². The van der Waals surface area contributed by atoms with E-state index in [0.29, 0.717) is 12.1 Å². The van der Waals surface area contributed by atoms with Crippen LogP contribution >= 0.6 is 11.8 Å². The van der Waals surface area contributed by atoms with Crippen LogP contribution in [0.15, 0.2) is 52.0 Å². The minimum Gasteiger partial charge on any atom is -0.511 e. The van der Waals surface area contributed by atoms with E-state index < -0.39 is 11.6 Å². The van der Waals surface area contributed by atoms with Crippen LogP contribution in [0.4, 0.5) is 5.69 Å². The normalized spacial score (nSPS) is 19.0. The van der Waals surface area contributed by atoms with Gasteiger partial charge < -0.3 is 20.7 Å². The number of benzene rings is 2. The second-order valence-corrected chi connectivity index (χ2v) is 11.6. The molecular formula is C28H37NO4S. The summed E-state index contributed by atoms with van der Waals surface area (Å²) in [5.74, 6) is -0.366. The number of aliphatic hydroxyl groups excluding tert-OH is 2. The smallest absolute Gasteiger partial charge is 0.349 e. The van der Waals surface area contributed by atoms with Crippen LogP contribution in [0.5, 0.6) is 0 Å². The van der Waals surface area contributed by atoms with Crippen molar-refractivity contribution in [3.63, 3.8) is 0 Å². The van der Waals surface area contributed by atoms with Crippen molar-refractivity contribution in [2.24, 2.45) is 5.92 Å². The van der Waals surface area contributed by atoms with Gasteiger partial charge >= 0.3 is 5.97 Å². The molecule has 0 radical (unpaired) electrons. The molecule has 0 fully saturated rings. The first-order valence-corrected chi connectivity index (χ1v) is 12.6. The molecule has 0 spiro atoms. The maximum Gasteiger partial charge on any atom is 0.349 e. The average molecular weight is 484 g/mol. The Morgan fingerprint density at radius 3 is 2.35 bits per heavy atom. The largest absolute Gasteiger partial charge is 0.511 e. The molecule has 0 aliphatic carbocycles. The number of nitrogens with two attached hydrogens (primary N) is 1. The molecule has 0 amide bonds. The number of hydrogen-bond acceptors (Lipinski definition) is 6. The van der Waals surface area contributed by atoms with Crippen molar-refractivity contribution in [2.75, 3.05) is 5.73 Å². The number of nitrogen functional groups attached to an aromatic ring is 1. The minimum absolute atomic E-state index is 0.0372. The van der Waals surface area contributed by atoms with Crippen LogP contribution in [0, 0.1) is 12.8 Å². The van der Waals surface area contributed by atoms with E-state index in [1.165, 1.54) is 11.8 Å². The molecule has 2 aromatic carbocycles. The number of hydrogen-bond donors (Lipinski definition) is 3. The lowest BCUT2D eigenvalue weighted by Gasteiger charge is -2.40. The van der Waals surface area contributed by atoms with Gasteiger partial charge in [-0.2, -0.15) is 0 Å². The second-order valence-electron chi connectivity index (χ2n) is 10.6. The number of esters is 1. The van der Waals surface area contributed by atoms with E-state index in [1.807, 2.05) is 57.2 Å². The Morgan fingerprint density at radius 2 is 1.82 bits per heavy atom. The molecule has 1 heterocycles. The second kappa shape index (κ2) is 10.0. The summed E-state index contributed by atoms with van der Waals surface area (Å²) in [5, 5.41) is 20.8. The van der Waals surface area contributed by atoms with Crippen LogP contribution in [0.2, 0.25) is 0 Å². The Kier molecular flexibility index (Phi) is 7.73. The third kappa shape index (κ3) is 5.61. The molecule has 1 aliphatic rings. The van der Waals surface area contributed by atoms with Gasteiger partial charge in [0.25, 0.3) is 0 Å². The van der Waals surface area contributed by atoms with Crippen molar-refractivity contribution in [2.45, 2.75) is 83.3 Å². The van der Waals surface area contributed by atoms with Gasteiger partial charge in [-0.25, -0.2) is 4.79 Å². The molecule has 184 valence electrons. The number of rotatable bonds is 7. The lowest BCUT2D eigenvalue weighted by atomic mass is 9.80. The molecule has 0 saturated carbocycles. The number of aliphatic hydroxyl groups is 2. The number of anilines is 1. The zero-order valence-corrected chi connectivity index (χ0v) is 21.9. The van der Waals surface area contributed by atoms with Gasteiger partial charge in [0.15, 0.2) is 0 Å². The van der Waals surface area contributed by atoms with Crippen LogP contribution in [0.25, 0.3) is 0 Å². The third-order valence-corrected chi connectivity index (χ3v) is 7.87. The number of cyclic esters (lactones) is 1. The maximum atomic E-state index is 13.2. The predicted molar refractivity (Wildman–Crippen MR) is 139 cm³/mol. The van der Waals surface area contributed by atoms with Crippen LogP contribution in [0.3, 0.4) is 0 Å². The minimum atomic E-state index is -0.768. The van der Waals surface area contributed by atoms with Gasteiger partial charge in [-0.15, -0.1) is 0 Å². The fourth-order valence-corrected chi connectivity index (χ4v) is 5.56. The predicted octanol–water partition coefficient (Wildman–Crippen LogP) is 6.20. The zero-order chi connectivity index (χ0) is 25.3. The fraction of sp³-hybridized carbons (Fsp3) is 0.464. The highest BCUT2D eigenvalue weighted by atomic mass is 32.2. The van der Waals surface area contributed by atoms with Crippen LogP contribution in [-0.4, -0.2) is 21.8 Å². The summed E-state index contributed by atoms with van der Waals surface area (Å²) in [5.41, 5.74) is 9.48. The van der Waals surface area contributed by atoms with E-state index in [1.54, 1.807) is 0 Å². The van der Waals surface area contributed by atoms with Crippen molar-refractivity contribution in [1.82, 2.24) is 0 Å². The van der Waals surface area contributed by atoms with Crippen molar-refractivity contribution in [1.29, 1.82) is 0 Å². The molecule has 0 saturated heterocycles. The quantitative estimate of drug-likeness (QED) is 0.321. The molecular weight excluding hydrogens is 446 g/mol. The number of ether oxygens (including phenoxy) is 1. The van der Waals surface area contributed by atoms with Gasteiger partial charge in [0.1, 0.15) is 16.3 Å². The Balaban J connectivity index is 1.91. The van der Waals surface area contributed by atoms with Crippen molar-refractivity contribution >= 4 is 23.4 Å². The molecule has 2 aromatic rings. The van der Waals surface area contributed by atoms with Crippen LogP contribution in [0.1, 0.15) is 69.7 Å². The Morgan fingerprint density at radius 1 is 1.18 bits per heavy atom. The lowest BCUT2D eigenvalue weighted by Crippen LogP contribution is -2.44. The summed E-state index contributed by atoms with van der Waals surface area (Å²) in [6.45, 7) is 12.2. The third-order valence-electron chi connectivity index (χ3n) is 6.71. The SMILES string of the molecule is Cc1cc(SC2=C(O)C[C@@](CCc3ccc(N)cc3)(C(C)C)OC2=O)c(C(C)(C)C)cc1CO.